The number of para-hydroxylation sites is 1. The van der Waals surface area contributed by atoms with Crippen LogP contribution >= 0.6 is 0 Å². The Balaban J connectivity index is 1.60. The minimum absolute atomic E-state index is 0.0681. The van der Waals surface area contributed by atoms with E-state index < -0.39 is 0 Å². The molecule has 0 radical (unpaired) electrons. The van der Waals surface area contributed by atoms with Crippen molar-refractivity contribution in [2.75, 3.05) is 0 Å². The van der Waals surface area contributed by atoms with E-state index in [2.05, 4.69) is 9.88 Å². The Morgan fingerprint density at radius 1 is 1.13 bits per heavy atom. The van der Waals surface area contributed by atoms with E-state index in [0.29, 0.717) is 23.0 Å². The van der Waals surface area contributed by atoms with Crippen molar-refractivity contribution in [3.05, 3.63) is 40.9 Å². The minimum atomic E-state index is -0.133. The molecule has 1 aromatic carbocycles. The van der Waals surface area contributed by atoms with E-state index in [-0.39, 0.29) is 18.0 Å². The molecule has 5 heteroatoms. The monoisotopic (exact) mass is 311 g/mol. The Morgan fingerprint density at radius 3 is 2.57 bits per heavy atom. The van der Waals surface area contributed by atoms with Crippen molar-refractivity contribution in [3.8, 4) is 0 Å². The number of carbonyl (C=O) groups is 1. The van der Waals surface area contributed by atoms with Gasteiger partial charge in [0, 0.05) is 12.1 Å². The third-order valence-electron chi connectivity index (χ3n) is 4.98. The average molecular weight is 311 g/mol. The third-order valence-corrected chi connectivity index (χ3v) is 4.98. The highest BCUT2D eigenvalue weighted by atomic mass is 16.2. The lowest BCUT2D eigenvalue weighted by molar-refractivity contribution is -0.134. The molecule has 0 spiro atoms. The summed E-state index contributed by atoms with van der Waals surface area (Å²) in [5.41, 5.74) is 0.544. The van der Waals surface area contributed by atoms with Crippen LogP contribution in [0.5, 0.6) is 0 Å². The minimum Gasteiger partial charge on any atom is -0.335 e. The molecule has 0 aliphatic heterocycles. The summed E-state index contributed by atoms with van der Waals surface area (Å²) in [6, 6.07) is 8.04. The molecule has 5 nitrogen and oxygen atoms in total. The van der Waals surface area contributed by atoms with Gasteiger partial charge in [-0.1, -0.05) is 25.0 Å². The molecule has 4 rings (SSSR count). The quantitative estimate of drug-likeness (QED) is 0.871. The maximum atomic E-state index is 12.8. The molecular weight excluding hydrogens is 290 g/mol. The predicted octanol–water partition coefficient (Wildman–Crippen LogP) is 2.33. The summed E-state index contributed by atoms with van der Waals surface area (Å²) in [4.78, 5) is 31.7. The highest BCUT2D eigenvalue weighted by Crippen LogP contribution is 2.34. The van der Waals surface area contributed by atoms with Crippen LogP contribution < -0.4 is 5.56 Å². The normalized spacial score (nSPS) is 18.4. The number of rotatable bonds is 4. The number of hydrogen-bond acceptors (Lipinski definition) is 3. The van der Waals surface area contributed by atoms with Gasteiger partial charge in [-0.05, 0) is 37.8 Å². The van der Waals surface area contributed by atoms with E-state index >= 15 is 0 Å². The van der Waals surface area contributed by atoms with Gasteiger partial charge in [0.2, 0.25) is 5.91 Å². The van der Waals surface area contributed by atoms with Crippen LogP contribution in [0.2, 0.25) is 0 Å². The summed E-state index contributed by atoms with van der Waals surface area (Å²) in [7, 11) is 0. The first-order valence-corrected chi connectivity index (χ1v) is 8.49. The zero-order chi connectivity index (χ0) is 15.8. The van der Waals surface area contributed by atoms with Gasteiger partial charge in [0.25, 0.3) is 5.56 Å². The lowest BCUT2D eigenvalue weighted by atomic mass is 10.2. The van der Waals surface area contributed by atoms with E-state index in [4.69, 9.17) is 0 Å². The van der Waals surface area contributed by atoms with Crippen molar-refractivity contribution >= 4 is 16.8 Å². The molecule has 2 fully saturated rings. The molecule has 1 amide bonds. The largest absolute Gasteiger partial charge is 0.335 e. The Morgan fingerprint density at radius 2 is 1.83 bits per heavy atom. The maximum absolute atomic E-state index is 12.8. The van der Waals surface area contributed by atoms with Crippen LogP contribution in [0.1, 0.15) is 38.5 Å². The van der Waals surface area contributed by atoms with Crippen LogP contribution in [0.4, 0.5) is 0 Å². The van der Waals surface area contributed by atoms with E-state index in [1.807, 2.05) is 18.2 Å². The molecule has 0 atom stereocenters. The number of benzene rings is 1. The smallest absolute Gasteiger partial charge is 0.261 e. The maximum Gasteiger partial charge on any atom is 0.261 e. The first-order chi connectivity index (χ1) is 11.2. The van der Waals surface area contributed by atoms with E-state index in [1.54, 1.807) is 6.07 Å². The van der Waals surface area contributed by atoms with Gasteiger partial charge < -0.3 is 4.90 Å². The van der Waals surface area contributed by atoms with Crippen LogP contribution in [-0.4, -0.2) is 32.4 Å². The second-order valence-electron chi connectivity index (χ2n) is 6.67. The summed E-state index contributed by atoms with van der Waals surface area (Å²) in [5, 5.41) is 0.571. The summed E-state index contributed by atoms with van der Waals surface area (Å²) in [5.74, 6) is 0.0681. The summed E-state index contributed by atoms with van der Waals surface area (Å²) < 4.78 is 1.45. The zero-order valence-corrected chi connectivity index (χ0v) is 13.1. The van der Waals surface area contributed by atoms with Crippen LogP contribution in [0, 0.1) is 0 Å². The molecule has 120 valence electrons. The molecule has 0 saturated heterocycles. The zero-order valence-electron chi connectivity index (χ0n) is 13.1. The van der Waals surface area contributed by atoms with Gasteiger partial charge in [-0.15, -0.1) is 0 Å². The molecule has 2 aliphatic rings. The highest BCUT2D eigenvalue weighted by molar-refractivity contribution is 5.79. The van der Waals surface area contributed by atoms with E-state index in [9.17, 15) is 9.59 Å². The van der Waals surface area contributed by atoms with E-state index in [1.165, 1.54) is 23.7 Å². The molecule has 2 aliphatic carbocycles. The Labute approximate surface area is 134 Å². The fourth-order valence-corrected chi connectivity index (χ4v) is 3.69. The van der Waals surface area contributed by atoms with Crippen molar-refractivity contribution in [2.24, 2.45) is 0 Å². The number of hydrogen-bond donors (Lipinski definition) is 0. The topological polar surface area (TPSA) is 55.2 Å². The second-order valence-corrected chi connectivity index (χ2v) is 6.67. The number of nitrogens with zero attached hydrogens (tertiary/aromatic N) is 3. The molecule has 1 aromatic heterocycles. The molecule has 0 bridgehead atoms. The Kier molecular flexibility index (Phi) is 3.63. The molecular formula is C18H21N3O2. The fourth-order valence-electron chi connectivity index (χ4n) is 3.69. The van der Waals surface area contributed by atoms with Gasteiger partial charge in [0.05, 0.1) is 17.2 Å². The summed E-state index contributed by atoms with van der Waals surface area (Å²) >= 11 is 0. The average Bonchev–Trinajstić information content (AvgIpc) is 3.24. The highest BCUT2D eigenvalue weighted by Gasteiger charge is 2.38. The van der Waals surface area contributed by atoms with Gasteiger partial charge in [-0.2, -0.15) is 0 Å². The number of aromatic nitrogens is 2. The van der Waals surface area contributed by atoms with Gasteiger partial charge in [0.1, 0.15) is 6.54 Å². The molecule has 2 saturated carbocycles. The van der Waals surface area contributed by atoms with Crippen molar-refractivity contribution in [1.29, 1.82) is 0 Å². The SMILES string of the molecule is O=C(Cn1cnc2ccccc2c1=O)N(C1CCCC1)C1CC1. The summed E-state index contributed by atoms with van der Waals surface area (Å²) in [6.45, 7) is 0.101. The second kappa shape index (κ2) is 5.80. The first kappa shape index (κ1) is 14.4. The standard InChI is InChI=1S/C18H21N3O2/c22-17(21(14-9-10-14)13-5-1-2-6-13)11-20-12-19-16-8-4-3-7-15(16)18(20)23/h3-4,7-8,12-14H,1-2,5-6,9-11H2. The fraction of sp³-hybridized carbons (Fsp3) is 0.500. The van der Waals surface area contributed by atoms with Crippen molar-refractivity contribution in [1.82, 2.24) is 14.5 Å². The Hall–Kier alpha value is -2.17. The molecule has 0 N–H and O–H groups in total. The van der Waals surface area contributed by atoms with Crippen LogP contribution in [0.25, 0.3) is 10.9 Å². The Bertz CT molecular complexity index is 788. The third kappa shape index (κ3) is 2.76. The molecule has 1 heterocycles. The van der Waals surface area contributed by atoms with E-state index in [0.717, 1.165) is 25.7 Å². The van der Waals surface area contributed by atoms with Crippen molar-refractivity contribution in [3.63, 3.8) is 0 Å². The molecule has 2 aromatic rings. The van der Waals surface area contributed by atoms with Gasteiger partial charge in [-0.25, -0.2) is 4.98 Å². The van der Waals surface area contributed by atoms with Crippen molar-refractivity contribution in [2.45, 2.75) is 57.2 Å². The number of amides is 1. The number of fused-ring (bicyclic) bond motifs is 1. The molecule has 0 unspecified atom stereocenters. The lowest BCUT2D eigenvalue weighted by Crippen LogP contribution is -2.43. The van der Waals surface area contributed by atoms with Crippen molar-refractivity contribution < 1.29 is 4.79 Å². The van der Waals surface area contributed by atoms with Crippen LogP contribution in [-0.2, 0) is 11.3 Å². The van der Waals surface area contributed by atoms with Gasteiger partial charge in [0.15, 0.2) is 0 Å². The number of carbonyl (C=O) groups excluding carboxylic acids is 1. The van der Waals surface area contributed by atoms with Gasteiger partial charge >= 0.3 is 0 Å². The van der Waals surface area contributed by atoms with Crippen LogP contribution in [0.15, 0.2) is 35.4 Å². The lowest BCUT2D eigenvalue weighted by Gasteiger charge is -2.29. The first-order valence-electron chi connectivity index (χ1n) is 8.49. The van der Waals surface area contributed by atoms with Gasteiger partial charge in [-0.3, -0.25) is 14.2 Å². The predicted molar refractivity (Wildman–Crippen MR) is 88.1 cm³/mol. The molecule has 23 heavy (non-hydrogen) atoms. The summed E-state index contributed by atoms with van der Waals surface area (Å²) in [6.07, 6.45) is 8.33. The van der Waals surface area contributed by atoms with Crippen LogP contribution in [0.3, 0.4) is 0 Å².